The second-order valence-corrected chi connectivity index (χ2v) is 2.20. The Morgan fingerprint density at radius 2 is 2.09 bits per heavy atom. The van der Waals surface area contributed by atoms with Crippen molar-refractivity contribution in [3.63, 3.8) is 0 Å². The molecule has 0 saturated heterocycles. The van der Waals surface area contributed by atoms with Crippen LogP contribution in [0.5, 0.6) is 0 Å². The fraction of sp³-hybridized carbons (Fsp3) is 0.429. The summed E-state index contributed by atoms with van der Waals surface area (Å²) in [6.07, 6.45) is 3.08. The van der Waals surface area contributed by atoms with Crippen molar-refractivity contribution in [2.75, 3.05) is 6.54 Å². The van der Waals surface area contributed by atoms with Crippen molar-refractivity contribution < 1.29 is 5.11 Å². The molecule has 4 nitrogen and oxygen atoms in total. The van der Waals surface area contributed by atoms with Crippen LogP contribution in [0, 0.1) is 0 Å². The monoisotopic (exact) mass is 153 g/mol. The van der Waals surface area contributed by atoms with Gasteiger partial charge in [0, 0.05) is 12.4 Å². The Morgan fingerprint density at radius 1 is 1.45 bits per heavy atom. The molecule has 1 heterocycles. The minimum atomic E-state index is -0.624. The van der Waals surface area contributed by atoms with Gasteiger partial charge in [-0.25, -0.2) is 9.97 Å². The summed E-state index contributed by atoms with van der Waals surface area (Å²) >= 11 is 0. The highest BCUT2D eigenvalue weighted by Gasteiger charge is 2.07. The lowest BCUT2D eigenvalue weighted by Crippen LogP contribution is -2.09. The summed E-state index contributed by atoms with van der Waals surface area (Å²) in [7, 11) is 0. The quantitative estimate of drug-likeness (QED) is 0.634. The number of hydrogen-bond acceptors (Lipinski definition) is 4. The normalized spacial score (nSPS) is 12.9. The average molecular weight is 153 g/mol. The maximum atomic E-state index is 9.32. The van der Waals surface area contributed by atoms with E-state index >= 15 is 0 Å². The van der Waals surface area contributed by atoms with Crippen LogP contribution in [-0.4, -0.2) is 21.6 Å². The van der Waals surface area contributed by atoms with Gasteiger partial charge in [0.05, 0.1) is 0 Å². The van der Waals surface area contributed by atoms with Gasteiger partial charge in [0.15, 0.2) is 5.82 Å². The molecule has 1 aromatic heterocycles. The Morgan fingerprint density at radius 3 is 2.64 bits per heavy atom. The third-order valence-corrected chi connectivity index (χ3v) is 1.32. The highest BCUT2D eigenvalue weighted by atomic mass is 16.3. The SMILES string of the molecule is NCCC(O)c1ncccn1. The van der Waals surface area contributed by atoms with Crippen molar-refractivity contribution in [1.29, 1.82) is 0 Å². The molecule has 1 atom stereocenters. The highest BCUT2D eigenvalue weighted by Crippen LogP contribution is 2.08. The molecule has 3 N–H and O–H groups in total. The van der Waals surface area contributed by atoms with Crippen molar-refractivity contribution in [2.24, 2.45) is 5.73 Å². The van der Waals surface area contributed by atoms with Gasteiger partial charge in [-0.2, -0.15) is 0 Å². The zero-order valence-corrected chi connectivity index (χ0v) is 6.14. The second kappa shape index (κ2) is 4.00. The van der Waals surface area contributed by atoms with Crippen LogP contribution in [0.15, 0.2) is 18.5 Å². The lowest BCUT2D eigenvalue weighted by molar-refractivity contribution is 0.160. The van der Waals surface area contributed by atoms with Crippen molar-refractivity contribution in [2.45, 2.75) is 12.5 Å². The van der Waals surface area contributed by atoms with Crippen molar-refractivity contribution >= 4 is 0 Å². The molecular formula is C7H11N3O. The number of hydrogen-bond donors (Lipinski definition) is 2. The van der Waals surface area contributed by atoms with E-state index in [1.165, 1.54) is 0 Å². The summed E-state index contributed by atoms with van der Waals surface area (Å²) in [5.41, 5.74) is 5.25. The lowest BCUT2D eigenvalue weighted by atomic mass is 10.2. The first kappa shape index (κ1) is 8.10. The third kappa shape index (κ3) is 2.25. The summed E-state index contributed by atoms with van der Waals surface area (Å²) in [5.74, 6) is 0.443. The van der Waals surface area contributed by atoms with E-state index in [9.17, 15) is 5.11 Å². The van der Waals surface area contributed by atoms with E-state index in [-0.39, 0.29) is 0 Å². The first-order valence-corrected chi connectivity index (χ1v) is 3.49. The maximum absolute atomic E-state index is 9.32. The van der Waals surface area contributed by atoms with Gasteiger partial charge >= 0.3 is 0 Å². The fourth-order valence-corrected chi connectivity index (χ4v) is 0.770. The van der Waals surface area contributed by atoms with Crippen LogP contribution in [0.4, 0.5) is 0 Å². The van der Waals surface area contributed by atoms with Gasteiger partial charge in [-0.3, -0.25) is 0 Å². The molecule has 1 unspecified atom stereocenters. The van der Waals surface area contributed by atoms with Gasteiger partial charge < -0.3 is 10.8 Å². The Kier molecular flexibility index (Phi) is 2.95. The highest BCUT2D eigenvalue weighted by molar-refractivity contribution is 4.92. The average Bonchev–Trinajstić information content (AvgIpc) is 2.07. The second-order valence-electron chi connectivity index (χ2n) is 2.20. The molecule has 0 amide bonds. The van der Waals surface area contributed by atoms with Crippen molar-refractivity contribution in [1.82, 2.24) is 9.97 Å². The van der Waals surface area contributed by atoms with Gasteiger partial charge in [0.1, 0.15) is 6.10 Å². The molecule has 0 spiro atoms. The molecular weight excluding hydrogens is 142 g/mol. The van der Waals surface area contributed by atoms with Crippen LogP contribution in [0.3, 0.4) is 0 Å². The van der Waals surface area contributed by atoms with Crippen LogP contribution in [0.2, 0.25) is 0 Å². The van der Waals surface area contributed by atoms with Gasteiger partial charge in [-0.05, 0) is 19.0 Å². The molecule has 0 aliphatic rings. The Labute approximate surface area is 65.1 Å². The summed E-state index contributed by atoms with van der Waals surface area (Å²) < 4.78 is 0. The summed E-state index contributed by atoms with van der Waals surface area (Å²) in [6.45, 7) is 0.444. The van der Waals surface area contributed by atoms with Crippen LogP contribution < -0.4 is 5.73 Å². The molecule has 4 heteroatoms. The summed E-state index contributed by atoms with van der Waals surface area (Å²) in [4.78, 5) is 7.76. The largest absolute Gasteiger partial charge is 0.385 e. The Hall–Kier alpha value is -1.00. The van der Waals surface area contributed by atoms with Gasteiger partial charge in [-0.15, -0.1) is 0 Å². The Bertz CT molecular complexity index is 202. The number of aliphatic hydroxyl groups is 1. The van der Waals surface area contributed by atoms with Crippen LogP contribution >= 0.6 is 0 Å². The van der Waals surface area contributed by atoms with Crippen molar-refractivity contribution in [3.05, 3.63) is 24.3 Å². The van der Waals surface area contributed by atoms with E-state index < -0.39 is 6.10 Å². The molecule has 1 rings (SSSR count). The predicted octanol–water partition coefficient (Wildman–Crippen LogP) is -0.141. The Balaban J connectivity index is 2.61. The van der Waals surface area contributed by atoms with Crippen LogP contribution in [-0.2, 0) is 0 Å². The predicted molar refractivity (Wildman–Crippen MR) is 40.7 cm³/mol. The minimum absolute atomic E-state index is 0.443. The smallest absolute Gasteiger partial charge is 0.156 e. The van der Waals surface area contributed by atoms with Gasteiger partial charge in [0.25, 0.3) is 0 Å². The zero-order valence-electron chi connectivity index (χ0n) is 6.14. The lowest BCUT2D eigenvalue weighted by Gasteiger charge is -2.05. The minimum Gasteiger partial charge on any atom is -0.385 e. The van der Waals surface area contributed by atoms with Crippen molar-refractivity contribution in [3.8, 4) is 0 Å². The number of aliphatic hydroxyl groups excluding tert-OH is 1. The van der Waals surface area contributed by atoms with Crippen LogP contribution in [0.25, 0.3) is 0 Å². The van der Waals surface area contributed by atoms with E-state index in [4.69, 9.17) is 5.73 Å². The van der Waals surface area contributed by atoms with E-state index in [1.807, 2.05) is 0 Å². The molecule has 1 aromatic rings. The molecule has 0 bridgehead atoms. The van der Waals surface area contributed by atoms with Crippen LogP contribution in [0.1, 0.15) is 18.3 Å². The maximum Gasteiger partial charge on any atom is 0.156 e. The molecule has 0 aliphatic heterocycles. The number of aromatic nitrogens is 2. The first-order valence-electron chi connectivity index (χ1n) is 3.49. The number of nitrogens with zero attached hydrogens (tertiary/aromatic N) is 2. The molecule has 0 aromatic carbocycles. The topological polar surface area (TPSA) is 72.0 Å². The molecule has 0 aliphatic carbocycles. The molecule has 0 saturated carbocycles. The van der Waals surface area contributed by atoms with Gasteiger partial charge in [-0.1, -0.05) is 0 Å². The first-order chi connectivity index (χ1) is 5.34. The zero-order chi connectivity index (χ0) is 8.10. The van der Waals surface area contributed by atoms with E-state index in [2.05, 4.69) is 9.97 Å². The molecule has 0 fully saturated rings. The molecule has 11 heavy (non-hydrogen) atoms. The van der Waals surface area contributed by atoms with E-state index in [0.29, 0.717) is 18.8 Å². The summed E-state index contributed by atoms with van der Waals surface area (Å²) in [5, 5.41) is 9.32. The summed E-state index contributed by atoms with van der Waals surface area (Å²) in [6, 6.07) is 1.71. The standard InChI is InChI=1S/C7H11N3O/c8-3-2-6(11)7-9-4-1-5-10-7/h1,4-6,11H,2-3,8H2. The fourth-order valence-electron chi connectivity index (χ4n) is 0.770. The van der Waals surface area contributed by atoms with E-state index in [1.54, 1.807) is 18.5 Å². The molecule has 60 valence electrons. The molecule has 0 radical (unpaired) electrons. The van der Waals surface area contributed by atoms with E-state index in [0.717, 1.165) is 0 Å². The van der Waals surface area contributed by atoms with Gasteiger partial charge in [0.2, 0.25) is 0 Å². The third-order valence-electron chi connectivity index (χ3n) is 1.32. The number of rotatable bonds is 3. The number of nitrogens with two attached hydrogens (primary N) is 1.